The average molecular weight is 568 g/mol. The molecular formula is C43H37N. The molecule has 0 spiro atoms. The number of fused-ring (bicyclic) bond motifs is 1. The molecule has 0 unspecified atom stereocenters. The van der Waals surface area contributed by atoms with Crippen LogP contribution in [0.15, 0.2) is 170 Å². The van der Waals surface area contributed by atoms with Crippen LogP contribution in [0.2, 0.25) is 0 Å². The molecule has 0 fully saturated rings. The molecule has 0 atom stereocenters. The van der Waals surface area contributed by atoms with Crippen LogP contribution in [-0.4, -0.2) is 0 Å². The molecule has 0 saturated carbocycles. The predicted molar refractivity (Wildman–Crippen MR) is 190 cm³/mol. The van der Waals surface area contributed by atoms with E-state index < -0.39 is 0 Å². The second kappa shape index (κ2) is 13.3. The number of benzene rings is 7. The number of hydrogen-bond donors (Lipinski definition) is 0. The molecule has 0 aliphatic carbocycles. The van der Waals surface area contributed by atoms with Gasteiger partial charge in [0.25, 0.3) is 0 Å². The molecule has 7 aromatic rings. The number of aryl methyl sites for hydroxylation is 3. The Morgan fingerprint density at radius 2 is 0.886 bits per heavy atom. The lowest BCUT2D eigenvalue weighted by molar-refractivity contribution is 1.27. The maximum absolute atomic E-state index is 2.32. The average Bonchev–Trinajstić information content (AvgIpc) is 3.07. The van der Waals surface area contributed by atoms with Gasteiger partial charge in [-0.2, -0.15) is 0 Å². The molecule has 0 saturated heterocycles. The van der Waals surface area contributed by atoms with Crippen molar-refractivity contribution in [3.05, 3.63) is 187 Å². The summed E-state index contributed by atoms with van der Waals surface area (Å²) in [6.07, 6.45) is 0. The molecule has 44 heavy (non-hydrogen) atoms. The highest BCUT2D eigenvalue weighted by atomic mass is 15.1. The second-order valence-electron chi connectivity index (χ2n) is 11.2. The van der Waals surface area contributed by atoms with Gasteiger partial charge in [0.2, 0.25) is 0 Å². The number of rotatable bonds is 5. The number of nitrogens with zero attached hydrogens (tertiary/aromatic N) is 1. The molecule has 214 valence electrons. The van der Waals surface area contributed by atoms with Crippen LogP contribution in [0, 0.1) is 20.8 Å². The molecule has 0 amide bonds. The predicted octanol–water partition coefficient (Wildman–Crippen LogP) is 12.3. The van der Waals surface area contributed by atoms with E-state index >= 15 is 0 Å². The largest absolute Gasteiger partial charge is 0.310 e. The summed E-state index contributed by atoms with van der Waals surface area (Å²) in [5.74, 6) is 0. The summed E-state index contributed by atoms with van der Waals surface area (Å²) in [6.45, 7) is 6.48. The Labute approximate surface area is 261 Å². The van der Waals surface area contributed by atoms with E-state index in [2.05, 4.69) is 196 Å². The van der Waals surface area contributed by atoms with Crippen LogP contribution in [0.1, 0.15) is 16.7 Å². The van der Waals surface area contributed by atoms with E-state index in [1.165, 1.54) is 55.4 Å². The van der Waals surface area contributed by atoms with Gasteiger partial charge in [0.1, 0.15) is 0 Å². The van der Waals surface area contributed by atoms with Crippen molar-refractivity contribution in [2.24, 2.45) is 0 Å². The SMILES string of the molecule is Cc1ccc(N(c2ccccc2)c2ccccc2-c2ccccc2)cc1.Cc1ccccc1-c1cccc2cccc(C)c12. The van der Waals surface area contributed by atoms with Gasteiger partial charge in [-0.25, -0.2) is 0 Å². The van der Waals surface area contributed by atoms with Gasteiger partial charge in [-0.1, -0.05) is 145 Å². The normalized spacial score (nSPS) is 10.6. The Kier molecular flexibility index (Phi) is 8.66. The molecule has 7 aromatic carbocycles. The minimum atomic E-state index is 1.15. The van der Waals surface area contributed by atoms with Crippen LogP contribution in [0.25, 0.3) is 33.0 Å². The van der Waals surface area contributed by atoms with Gasteiger partial charge < -0.3 is 4.90 Å². The summed E-state index contributed by atoms with van der Waals surface area (Å²) >= 11 is 0. The zero-order valence-electron chi connectivity index (χ0n) is 25.6. The van der Waals surface area contributed by atoms with E-state index in [4.69, 9.17) is 0 Å². The van der Waals surface area contributed by atoms with Crippen molar-refractivity contribution in [2.75, 3.05) is 4.90 Å². The van der Waals surface area contributed by atoms with Crippen molar-refractivity contribution >= 4 is 27.8 Å². The molecule has 0 radical (unpaired) electrons. The standard InChI is InChI=1S/C25H21N.C18H16/c1-20-16-18-23(19-17-20)26(22-12-6-3-7-13-22)25-15-9-8-14-24(25)21-10-4-2-5-11-21;1-13-7-3-4-11-16(13)17-12-6-10-15-9-5-8-14(2)18(15)17/h2-19H,1H3;3-12H,1-2H3. The van der Waals surface area contributed by atoms with E-state index in [9.17, 15) is 0 Å². The molecule has 0 aromatic heterocycles. The minimum absolute atomic E-state index is 1.15. The summed E-state index contributed by atoms with van der Waals surface area (Å²) in [6, 6.07) is 60.0. The zero-order chi connectivity index (χ0) is 30.3. The van der Waals surface area contributed by atoms with Crippen LogP contribution < -0.4 is 4.90 Å². The molecule has 0 aliphatic heterocycles. The van der Waals surface area contributed by atoms with Crippen molar-refractivity contribution in [1.82, 2.24) is 0 Å². The molecule has 0 aliphatic rings. The first-order valence-electron chi connectivity index (χ1n) is 15.2. The maximum atomic E-state index is 2.32. The second-order valence-corrected chi connectivity index (χ2v) is 11.2. The van der Waals surface area contributed by atoms with Gasteiger partial charge >= 0.3 is 0 Å². The highest BCUT2D eigenvalue weighted by Crippen LogP contribution is 2.40. The van der Waals surface area contributed by atoms with E-state index in [0.717, 1.165) is 11.4 Å². The van der Waals surface area contributed by atoms with Crippen LogP contribution in [-0.2, 0) is 0 Å². The molecule has 1 nitrogen and oxygen atoms in total. The third-order valence-corrected chi connectivity index (χ3v) is 8.08. The summed E-state index contributed by atoms with van der Waals surface area (Å²) in [5, 5.41) is 2.69. The Hall–Kier alpha value is -5.40. The third kappa shape index (κ3) is 6.19. The maximum Gasteiger partial charge on any atom is 0.0540 e. The number of para-hydroxylation sites is 2. The highest BCUT2D eigenvalue weighted by molar-refractivity contribution is 5.99. The van der Waals surface area contributed by atoms with Gasteiger partial charge in [-0.05, 0) is 89.7 Å². The summed E-state index contributed by atoms with van der Waals surface area (Å²) < 4.78 is 0. The lowest BCUT2D eigenvalue weighted by Crippen LogP contribution is -2.11. The first-order chi connectivity index (χ1) is 21.6. The van der Waals surface area contributed by atoms with Crippen molar-refractivity contribution in [1.29, 1.82) is 0 Å². The fourth-order valence-electron chi connectivity index (χ4n) is 5.86. The quantitative estimate of drug-likeness (QED) is 0.200. The summed E-state index contributed by atoms with van der Waals surface area (Å²) in [5.41, 5.74) is 12.5. The lowest BCUT2D eigenvalue weighted by Gasteiger charge is -2.28. The molecule has 7 rings (SSSR count). The zero-order valence-corrected chi connectivity index (χ0v) is 25.6. The first-order valence-corrected chi connectivity index (χ1v) is 15.2. The Bertz CT molecular complexity index is 1970. The van der Waals surface area contributed by atoms with Crippen LogP contribution in [0.4, 0.5) is 17.1 Å². The molecule has 0 bridgehead atoms. The number of hydrogen-bond acceptors (Lipinski definition) is 1. The van der Waals surface area contributed by atoms with Crippen molar-refractivity contribution in [3.63, 3.8) is 0 Å². The third-order valence-electron chi connectivity index (χ3n) is 8.08. The smallest absolute Gasteiger partial charge is 0.0540 e. The monoisotopic (exact) mass is 567 g/mol. The number of anilines is 3. The van der Waals surface area contributed by atoms with Crippen LogP contribution in [0.3, 0.4) is 0 Å². The van der Waals surface area contributed by atoms with Gasteiger partial charge in [0, 0.05) is 16.9 Å². The van der Waals surface area contributed by atoms with E-state index in [-0.39, 0.29) is 0 Å². The Morgan fingerprint density at radius 3 is 1.59 bits per heavy atom. The van der Waals surface area contributed by atoms with Gasteiger partial charge in [-0.15, -0.1) is 0 Å². The molecule has 0 N–H and O–H groups in total. The first kappa shape index (κ1) is 28.7. The van der Waals surface area contributed by atoms with Gasteiger partial charge in [-0.3, -0.25) is 0 Å². The van der Waals surface area contributed by atoms with Crippen molar-refractivity contribution in [2.45, 2.75) is 20.8 Å². The van der Waals surface area contributed by atoms with Crippen molar-refractivity contribution < 1.29 is 0 Å². The van der Waals surface area contributed by atoms with Gasteiger partial charge in [0.05, 0.1) is 5.69 Å². The van der Waals surface area contributed by atoms with Gasteiger partial charge in [0.15, 0.2) is 0 Å². The summed E-state index contributed by atoms with van der Waals surface area (Å²) in [4.78, 5) is 2.32. The van der Waals surface area contributed by atoms with E-state index in [1.807, 2.05) is 0 Å². The molecular weight excluding hydrogens is 530 g/mol. The summed E-state index contributed by atoms with van der Waals surface area (Å²) in [7, 11) is 0. The van der Waals surface area contributed by atoms with Crippen molar-refractivity contribution in [3.8, 4) is 22.3 Å². The fourth-order valence-corrected chi connectivity index (χ4v) is 5.86. The van der Waals surface area contributed by atoms with Crippen LogP contribution in [0.5, 0.6) is 0 Å². The highest BCUT2D eigenvalue weighted by Gasteiger charge is 2.16. The topological polar surface area (TPSA) is 3.24 Å². The fraction of sp³-hybridized carbons (Fsp3) is 0.0698. The van der Waals surface area contributed by atoms with E-state index in [0.29, 0.717) is 0 Å². The molecule has 1 heteroatoms. The lowest BCUT2D eigenvalue weighted by atomic mass is 9.93. The van der Waals surface area contributed by atoms with E-state index in [1.54, 1.807) is 0 Å². The van der Waals surface area contributed by atoms with Crippen LogP contribution >= 0.6 is 0 Å². The Morgan fingerprint density at radius 1 is 0.364 bits per heavy atom. The molecule has 0 heterocycles. The minimum Gasteiger partial charge on any atom is -0.310 e. The Balaban J connectivity index is 0.000000167.